The van der Waals surface area contributed by atoms with E-state index < -0.39 is 4.92 Å². The highest BCUT2D eigenvalue weighted by Gasteiger charge is 2.20. The standard InChI is InChI=1S/C19H20ClFN4O3/c20-17-6-5-16(11-18(17)25(27)28)22-19(26)13-24-9-7-23(8-10-24)12-14-1-3-15(21)4-2-14/h1-6,11H,7-10,12-13H2,(H,22,26). The maximum Gasteiger partial charge on any atom is 0.289 e. The largest absolute Gasteiger partial charge is 0.325 e. The lowest BCUT2D eigenvalue weighted by atomic mass is 10.2. The SMILES string of the molecule is O=C(CN1CCN(Cc2ccc(F)cc2)CC1)Nc1ccc(Cl)c([N+](=O)[O-])c1. The third kappa shape index (κ3) is 5.48. The molecule has 0 atom stereocenters. The van der Waals surface area contributed by atoms with Gasteiger partial charge in [-0.1, -0.05) is 23.7 Å². The highest BCUT2D eigenvalue weighted by Crippen LogP contribution is 2.27. The summed E-state index contributed by atoms with van der Waals surface area (Å²) < 4.78 is 13.0. The number of anilines is 1. The molecule has 7 nitrogen and oxygen atoms in total. The van der Waals surface area contributed by atoms with Gasteiger partial charge in [0.2, 0.25) is 5.91 Å². The van der Waals surface area contributed by atoms with E-state index in [0.29, 0.717) is 5.69 Å². The van der Waals surface area contributed by atoms with Gasteiger partial charge in [0.05, 0.1) is 11.5 Å². The Kier molecular flexibility index (Phi) is 6.56. The molecule has 0 saturated carbocycles. The maximum atomic E-state index is 13.0. The summed E-state index contributed by atoms with van der Waals surface area (Å²) in [5.74, 6) is -0.478. The fourth-order valence-electron chi connectivity index (χ4n) is 3.09. The number of nitrogens with zero attached hydrogens (tertiary/aromatic N) is 3. The smallest absolute Gasteiger partial charge is 0.289 e. The second kappa shape index (κ2) is 9.09. The van der Waals surface area contributed by atoms with Crippen molar-refractivity contribution in [3.63, 3.8) is 0 Å². The van der Waals surface area contributed by atoms with E-state index in [1.807, 2.05) is 4.90 Å². The van der Waals surface area contributed by atoms with Crippen molar-refractivity contribution in [2.45, 2.75) is 6.54 Å². The van der Waals surface area contributed by atoms with Crippen molar-refractivity contribution in [2.75, 3.05) is 38.0 Å². The average Bonchev–Trinajstić information content (AvgIpc) is 2.66. The van der Waals surface area contributed by atoms with E-state index >= 15 is 0 Å². The first-order valence-electron chi connectivity index (χ1n) is 8.83. The molecule has 1 heterocycles. The molecule has 0 unspecified atom stereocenters. The quantitative estimate of drug-likeness (QED) is 0.589. The van der Waals surface area contributed by atoms with Gasteiger partial charge in [0.15, 0.2) is 0 Å². The molecule has 148 valence electrons. The van der Waals surface area contributed by atoms with E-state index in [-0.39, 0.29) is 29.0 Å². The number of nitro benzene ring substituents is 1. The van der Waals surface area contributed by atoms with Crippen LogP contribution in [0.3, 0.4) is 0 Å². The maximum absolute atomic E-state index is 13.0. The van der Waals surface area contributed by atoms with Crippen LogP contribution in [0, 0.1) is 15.9 Å². The molecule has 9 heteroatoms. The monoisotopic (exact) mass is 406 g/mol. The number of nitrogens with one attached hydrogen (secondary N) is 1. The van der Waals surface area contributed by atoms with Crippen molar-refractivity contribution in [1.82, 2.24) is 9.80 Å². The third-order valence-electron chi connectivity index (χ3n) is 4.58. The van der Waals surface area contributed by atoms with Gasteiger partial charge >= 0.3 is 0 Å². The number of piperazine rings is 1. The molecule has 0 radical (unpaired) electrons. The molecule has 1 saturated heterocycles. The molecule has 28 heavy (non-hydrogen) atoms. The molecular formula is C19H20ClFN4O3. The van der Waals surface area contributed by atoms with Gasteiger partial charge in [0, 0.05) is 44.5 Å². The van der Waals surface area contributed by atoms with Crippen LogP contribution in [0.2, 0.25) is 5.02 Å². The van der Waals surface area contributed by atoms with Crippen LogP contribution in [-0.2, 0) is 11.3 Å². The van der Waals surface area contributed by atoms with Crippen molar-refractivity contribution in [3.05, 3.63) is 69.0 Å². The summed E-state index contributed by atoms with van der Waals surface area (Å²) in [4.78, 5) is 26.9. The number of benzene rings is 2. The summed E-state index contributed by atoms with van der Waals surface area (Å²) in [5, 5.41) is 13.6. The van der Waals surface area contributed by atoms with Crippen molar-refractivity contribution in [2.24, 2.45) is 0 Å². The molecule has 0 spiro atoms. The second-order valence-electron chi connectivity index (χ2n) is 6.65. The highest BCUT2D eigenvalue weighted by atomic mass is 35.5. The summed E-state index contributed by atoms with van der Waals surface area (Å²) in [7, 11) is 0. The highest BCUT2D eigenvalue weighted by molar-refractivity contribution is 6.32. The van der Waals surface area contributed by atoms with E-state index in [0.717, 1.165) is 38.3 Å². The van der Waals surface area contributed by atoms with Gasteiger partial charge in [-0.2, -0.15) is 0 Å². The summed E-state index contributed by atoms with van der Waals surface area (Å²) in [6.07, 6.45) is 0. The Morgan fingerprint density at radius 3 is 2.39 bits per heavy atom. The van der Waals surface area contributed by atoms with Gasteiger partial charge < -0.3 is 5.32 Å². The van der Waals surface area contributed by atoms with Crippen molar-refractivity contribution in [1.29, 1.82) is 0 Å². The summed E-state index contributed by atoms with van der Waals surface area (Å²) in [5.41, 5.74) is 1.15. The normalized spacial score (nSPS) is 15.4. The van der Waals surface area contributed by atoms with Crippen LogP contribution < -0.4 is 5.32 Å². The lowest BCUT2D eigenvalue weighted by molar-refractivity contribution is -0.384. The Labute approximate surface area is 166 Å². The van der Waals surface area contributed by atoms with E-state index in [9.17, 15) is 19.3 Å². The van der Waals surface area contributed by atoms with Gasteiger partial charge in [-0.15, -0.1) is 0 Å². The zero-order valence-corrected chi connectivity index (χ0v) is 15.9. The first-order valence-corrected chi connectivity index (χ1v) is 9.21. The first kappa shape index (κ1) is 20.2. The molecule has 0 aliphatic carbocycles. The minimum Gasteiger partial charge on any atom is -0.325 e. The summed E-state index contributed by atoms with van der Waals surface area (Å²) >= 11 is 5.78. The molecule has 1 amide bonds. The number of nitro groups is 1. The van der Waals surface area contributed by atoms with Crippen LogP contribution in [0.4, 0.5) is 15.8 Å². The van der Waals surface area contributed by atoms with Crippen LogP contribution in [0.25, 0.3) is 0 Å². The Bertz CT molecular complexity index is 855. The van der Waals surface area contributed by atoms with E-state index in [1.54, 1.807) is 12.1 Å². The van der Waals surface area contributed by atoms with Gasteiger partial charge in [0.25, 0.3) is 5.69 Å². The molecular weight excluding hydrogens is 387 g/mol. The van der Waals surface area contributed by atoms with Crippen LogP contribution in [-0.4, -0.2) is 53.4 Å². The second-order valence-corrected chi connectivity index (χ2v) is 7.06. The molecule has 3 rings (SSSR count). The Hall–Kier alpha value is -2.55. The Balaban J connectivity index is 1.46. The summed E-state index contributed by atoms with van der Waals surface area (Å²) in [6, 6.07) is 10.6. The minimum atomic E-state index is -0.585. The topological polar surface area (TPSA) is 78.7 Å². The fraction of sp³-hybridized carbons (Fsp3) is 0.316. The number of hydrogen-bond donors (Lipinski definition) is 1. The van der Waals surface area contributed by atoms with E-state index in [1.165, 1.54) is 30.3 Å². The molecule has 2 aromatic carbocycles. The molecule has 1 aliphatic rings. The number of carbonyl (C=O) groups is 1. The number of carbonyl (C=O) groups excluding carboxylic acids is 1. The molecule has 1 fully saturated rings. The zero-order valence-electron chi connectivity index (χ0n) is 15.1. The average molecular weight is 407 g/mol. The van der Waals surface area contributed by atoms with Gasteiger partial charge in [0.1, 0.15) is 10.8 Å². The summed E-state index contributed by atoms with van der Waals surface area (Å²) in [6.45, 7) is 4.02. The Morgan fingerprint density at radius 1 is 1.11 bits per heavy atom. The van der Waals surface area contributed by atoms with Gasteiger partial charge in [-0.25, -0.2) is 4.39 Å². The third-order valence-corrected chi connectivity index (χ3v) is 4.90. The van der Waals surface area contributed by atoms with Gasteiger partial charge in [-0.3, -0.25) is 24.7 Å². The molecule has 0 bridgehead atoms. The Morgan fingerprint density at radius 2 is 1.75 bits per heavy atom. The predicted molar refractivity (Wildman–Crippen MR) is 105 cm³/mol. The van der Waals surface area contributed by atoms with Crippen LogP contribution >= 0.6 is 11.6 Å². The predicted octanol–water partition coefficient (Wildman–Crippen LogP) is 3.14. The number of amides is 1. The fourth-order valence-corrected chi connectivity index (χ4v) is 3.27. The van der Waals surface area contributed by atoms with Crippen LogP contribution in [0.15, 0.2) is 42.5 Å². The van der Waals surface area contributed by atoms with Crippen molar-refractivity contribution in [3.8, 4) is 0 Å². The van der Waals surface area contributed by atoms with Crippen LogP contribution in [0.5, 0.6) is 0 Å². The lowest BCUT2D eigenvalue weighted by Gasteiger charge is -2.34. The minimum absolute atomic E-state index is 0.0280. The first-order chi connectivity index (χ1) is 13.4. The van der Waals surface area contributed by atoms with Crippen molar-refractivity contribution < 1.29 is 14.1 Å². The number of halogens is 2. The molecule has 0 aromatic heterocycles. The molecule has 2 aromatic rings. The van der Waals surface area contributed by atoms with Gasteiger partial charge in [-0.05, 0) is 29.8 Å². The molecule has 1 N–H and O–H groups in total. The zero-order chi connectivity index (χ0) is 20.1. The van der Waals surface area contributed by atoms with E-state index in [2.05, 4.69) is 10.2 Å². The number of hydrogen-bond acceptors (Lipinski definition) is 5. The lowest BCUT2D eigenvalue weighted by Crippen LogP contribution is -2.48. The number of rotatable bonds is 6. The van der Waals surface area contributed by atoms with E-state index in [4.69, 9.17) is 11.6 Å². The van der Waals surface area contributed by atoms with Crippen LogP contribution in [0.1, 0.15) is 5.56 Å². The van der Waals surface area contributed by atoms with Crippen molar-refractivity contribution >= 4 is 28.9 Å². The molecule has 1 aliphatic heterocycles.